The molecule has 28 heavy (non-hydrogen) atoms. The first-order valence-corrected chi connectivity index (χ1v) is 11.0. The maximum absolute atomic E-state index is 13.1. The molecule has 144 valence electrons. The molecule has 4 rings (SSSR count). The zero-order chi connectivity index (χ0) is 19.7. The van der Waals surface area contributed by atoms with Crippen LogP contribution in [0.25, 0.3) is 11.0 Å². The minimum absolute atomic E-state index is 0.0825. The summed E-state index contributed by atoms with van der Waals surface area (Å²) < 4.78 is 28.9. The highest BCUT2D eigenvalue weighted by Crippen LogP contribution is 2.24. The van der Waals surface area contributed by atoms with Crippen LogP contribution in [0.5, 0.6) is 0 Å². The maximum atomic E-state index is 13.1. The van der Waals surface area contributed by atoms with Crippen molar-refractivity contribution in [1.82, 2.24) is 19.7 Å². The molecule has 3 heterocycles. The summed E-state index contributed by atoms with van der Waals surface area (Å²) in [5.41, 5.74) is 3.25. The van der Waals surface area contributed by atoms with Gasteiger partial charge in [0.15, 0.2) is 0 Å². The van der Waals surface area contributed by atoms with Crippen molar-refractivity contribution >= 4 is 32.4 Å². The molecule has 1 unspecified atom stereocenters. The minimum atomic E-state index is -3.83. The summed E-state index contributed by atoms with van der Waals surface area (Å²) in [6.07, 6.45) is 2.15. The number of aryl methyl sites for hydroxylation is 1. The number of sulfonamides is 1. The lowest BCUT2D eigenvalue weighted by Crippen LogP contribution is -2.31. The maximum Gasteiger partial charge on any atom is 0.323 e. The van der Waals surface area contributed by atoms with Crippen molar-refractivity contribution in [3.05, 3.63) is 80.7 Å². The van der Waals surface area contributed by atoms with Crippen LogP contribution in [0.15, 0.2) is 63.0 Å². The first kappa shape index (κ1) is 18.6. The SMILES string of the molecule is Cc1cccnc1C(Cc1ccsc1)NS(=O)(=O)c1ccc2[nH]c(=O)[nH]c2c1. The Bertz CT molecular complexity index is 1270. The molecule has 0 aliphatic heterocycles. The van der Waals surface area contributed by atoms with Crippen molar-refractivity contribution in [2.24, 2.45) is 0 Å². The van der Waals surface area contributed by atoms with Crippen molar-refractivity contribution < 1.29 is 8.42 Å². The molecule has 3 N–H and O–H groups in total. The highest BCUT2D eigenvalue weighted by molar-refractivity contribution is 7.89. The Morgan fingerprint density at radius 1 is 1.18 bits per heavy atom. The number of pyridine rings is 1. The molecule has 0 saturated heterocycles. The van der Waals surface area contributed by atoms with Gasteiger partial charge in [-0.05, 0) is 65.6 Å². The molecule has 0 aliphatic rings. The normalized spacial score (nSPS) is 13.0. The van der Waals surface area contributed by atoms with Crippen LogP contribution in [-0.2, 0) is 16.4 Å². The number of fused-ring (bicyclic) bond motifs is 1. The molecule has 4 aromatic rings. The van der Waals surface area contributed by atoms with Gasteiger partial charge < -0.3 is 9.97 Å². The number of aromatic amines is 2. The molecule has 0 saturated carbocycles. The third kappa shape index (κ3) is 3.77. The Kier molecular flexibility index (Phi) is 4.88. The summed E-state index contributed by atoms with van der Waals surface area (Å²) in [7, 11) is -3.83. The number of rotatable bonds is 6. The Hall–Kier alpha value is -2.75. The van der Waals surface area contributed by atoms with E-state index in [-0.39, 0.29) is 10.6 Å². The molecular formula is C19H18N4O3S2. The molecule has 1 aromatic carbocycles. The van der Waals surface area contributed by atoms with Crippen LogP contribution in [0, 0.1) is 6.92 Å². The van der Waals surface area contributed by atoms with Gasteiger partial charge in [0.25, 0.3) is 0 Å². The highest BCUT2D eigenvalue weighted by Gasteiger charge is 2.24. The first-order chi connectivity index (χ1) is 13.4. The standard InChI is InChI=1S/C19H18N4O3S2/c1-12-3-2-7-20-18(12)17(9-13-6-8-27-11-13)23-28(25,26)14-4-5-15-16(10-14)22-19(24)21-15/h2-8,10-11,17,23H,9H2,1H3,(H2,21,22,24). The second-order valence-corrected chi connectivity index (χ2v) is 9.00. The number of hydrogen-bond donors (Lipinski definition) is 3. The fourth-order valence-electron chi connectivity index (χ4n) is 3.14. The third-order valence-electron chi connectivity index (χ3n) is 4.50. The van der Waals surface area contributed by atoms with Crippen LogP contribution in [0.1, 0.15) is 22.9 Å². The van der Waals surface area contributed by atoms with Gasteiger partial charge >= 0.3 is 5.69 Å². The molecule has 9 heteroatoms. The van der Waals surface area contributed by atoms with Crippen LogP contribution < -0.4 is 10.4 Å². The van der Waals surface area contributed by atoms with Crippen molar-refractivity contribution in [3.8, 4) is 0 Å². The largest absolute Gasteiger partial charge is 0.323 e. The van der Waals surface area contributed by atoms with Crippen molar-refractivity contribution in [3.63, 3.8) is 0 Å². The van der Waals surface area contributed by atoms with E-state index < -0.39 is 16.1 Å². The van der Waals surface area contributed by atoms with Gasteiger partial charge in [0.2, 0.25) is 10.0 Å². The fraction of sp³-hybridized carbons (Fsp3) is 0.158. The van der Waals surface area contributed by atoms with Gasteiger partial charge in [-0.15, -0.1) is 0 Å². The zero-order valence-corrected chi connectivity index (χ0v) is 16.6. The number of imidazole rings is 1. The van der Waals surface area contributed by atoms with E-state index in [1.165, 1.54) is 12.1 Å². The fourth-order valence-corrected chi connectivity index (χ4v) is 5.04. The lowest BCUT2D eigenvalue weighted by atomic mass is 10.0. The summed E-state index contributed by atoms with van der Waals surface area (Å²) >= 11 is 1.56. The van der Waals surface area contributed by atoms with E-state index in [0.717, 1.165) is 11.1 Å². The quantitative estimate of drug-likeness (QED) is 0.451. The molecule has 0 radical (unpaired) electrons. The average Bonchev–Trinajstić information content (AvgIpc) is 3.29. The zero-order valence-electron chi connectivity index (χ0n) is 15.0. The number of nitrogens with one attached hydrogen (secondary N) is 3. The van der Waals surface area contributed by atoms with Crippen LogP contribution in [0.2, 0.25) is 0 Å². The smallest absolute Gasteiger partial charge is 0.306 e. The first-order valence-electron chi connectivity index (χ1n) is 8.59. The highest BCUT2D eigenvalue weighted by atomic mass is 32.2. The molecule has 0 bridgehead atoms. The van der Waals surface area contributed by atoms with Gasteiger partial charge in [0, 0.05) is 6.20 Å². The molecular weight excluding hydrogens is 396 g/mol. The van der Waals surface area contributed by atoms with Crippen LogP contribution in [0.4, 0.5) is 0 Å². The van der Waals surface area contributed by atoms with Crippen LogP contribution >= 0.6 is 11.3 Å². The van der Waals surface area contributed by atoms with E-state index in [9.17, 15) is 13.2 Å². The predicted octanol–water partition coefficient (Wildman–Crippen LogP) is 2.88. The lowest BCUT2D eigenvalue weighted by Gasteiger charge is -2.20. The average molecular weight is 415 g/mol. The second-order valence-electron chi connectivity index (χ2n) is 6.50. The van der Waals surface area contributed by atoms with Gasteiger partial charge in [-0.25, -0.2) is 17.9 Å². The number of aromatic nitrogens is 3. The van der Waals surface area contributed by atoms with Gasteiger partial charge in [-0.3, -0.25) is 4.98 Å². The van der Waals surface area contributed by atoms with Crippen LogP contribution in [-0.4, -0.2) is 23.4 Å². The number of thiophene rings is 1. The van der Waals surface area contributed by atoms with E-state index in [1.807, 2.05) is 35.9 Å². The number of H-pyrrole nitrogens is 2. The Balaban J connectivity index is 1.71. The van der Waals surface area contributed by atoms with E-state index in [4.69, 9.17) is 0 Å². The Morgan fingerprint density at radius 3 is 2.75 bits per heavy atom. The van der Waals surface area contributed by atoms with Gasteiger partial charge in [-0.2, -0.15) is 11.3 Å². The summed E-state index contributed by atoms with van der Waals surface area (Å²) in [5, 5.41) is 3.96. The lowest BCUT2D eigenvalue weighted by molar-refractivity contribution is 0.549. The molecule has 0 aliphatic carbocycles. The van der Waals surface area contributed by atoms with Crippen molar-refractivity contribution in [2.45, 2.75) is 24.3 Å². The summed E-state index contributed by atoms with van der Waals surface area (Å²) in [6.45, 7) is 1.91. The summed E-state index contributed by atoms with van der Waals surface area (Å²) in [6, 6.07) is 9.69. The molecule has 1 atom stereocenters. The number of hydrogen-bond acceptors (Lipinski definition) is 5. The molecule has 0 amide bonds. The second kappa shape index (κ2) is 7.34. The van der Waals surface area contributed by atoms with E-state index >= 15 is 0 Å². The molecule has 3 aromatic heterocycles. The van der Waals surface area contributed by atoms with Crippen LogP contribution in [0.3, 0.4) is 0 Å². The molecule has 0 spiro atoms. The van der Waals surface area contributed by atoms with Gasteiger partial charge in [0.1, 0.15) is 0 Å². The summed E-state index contributed by atoms with van der Waals surface area (Å²) in [4.78, 5) is 21.1. The van der Waals surface area contributed by atoms with Gasteiger partial charge in [0.05, 0.1) is 27.7 Å². The predicted molar refractivity (Wildman–Crippen MR) is 109 cm³/mol. The van der Waals surface area contributed by atoms with Crippen molar-refractivity contribution in [1.29, 1.82) is 0 Å². The van der Waals surface area contributed by atoms with Gasteiger partial charge in [-0.1, -0.05) is 6.07 Å². The van der Waals surface area contributed by atoms with E-state index in [0.29, 0.717) is 23.1 Å². The third-order valence-corrected chi connectivity index (χ3v) is 6.70. The number of nitrogens with zero attached hydrogens (tertiary/aromatic N) is 1. The van der Waals surface area contributed by atoms with Crippen molar-refractivity contribution in [2.75, 3.05) is 0 Å². The monoisotopic (exact) mass is 414 g/mol. The summed E-state index contributed by atoms with van der Waals surface area (Å²) in [5.74, 6) is 0. The Labute approximate surface area is 165 Å². The van der Waals surface area contributed by atoms with E-state index in [2.05, 4.69) is 19.7 Å². The molecule has 0 fully saturated rings. The Morgan fingerprint density at radius 2 is 2.00 bits per heavy atom. The minimum Gasteiger partial charge on any atom is -0.306 e. The molecule has 7 nitrogen and oxygen atoms in total. The topological polar surface area (TPSA) is 108 Å². The number of benzene rings is 1. The van der Waals surface area contributed by atoms with E-state index in [1.54, 1.807) is 23.6 Å².